The molecule has 0 atom stereocenters. The molecule has 3 nitrogen and oxygen atoms in total. The summed E-state index contributed by atoms with van der Waals surface area (Å²) in [5.41, 5.74) is 2.04. The van der Waals surface area contributed by atoms with Crippen LogP contribution in [0.15, 0.2) is 41.0 Å². The Hall–Kier alpha value is -1.46. The Morgan fingerprint density at radius 2 is 2.14 bits per heavy atom. The molecule has 0 saturated carbocycles. The highest BCUT2D eigenvalue weighted by molar-refractivity contribution is 9.10. The van der Waals surface area contributed by atoms with Gasteiger partial charge in [0.1, 0.15) is 11.6 Å². The maximum atomic E-state index is 13.4. The van der Waals surface area contributed by atoms with E-state index < -0.39 is 0 Å². The van der Waals surface area contributed by atoms with Gasteiger partial charge in [0.2, 0.25) is 0 Å². The summed E-state index contributed by atoms with van der Waals surface area (Å²) in [5.74, 6) is 0.500. The molecule has 2 aromatic rings. The highest BCUT2D eigenvalue weighted by Gasteiger charge is 2.11. The largest absolute Gasteiger partial charge is 0.355 e. The van der Waals surface area contributed by atoms with E-state index in [2.05, 4.69) is 38.4 Å². The molecule has 0 amide bonds. The van der Waals surface area contributed by atoms with Crippen molar-refractivity contribution in [3.8, 4) is 0 Å². The van der Waals surface area contributed by atoms with Gasteiger partial charge in [-0.15, -0.1) is 0 Å². The summed E-state index contributed by atoms with van der Waals surface area (Å²) in [6.45, 7) is 4.19. The van der Waals surface area contributed by atoms with Crippen LogP contribution >= 0.6 is 15.9 Å². The molecule has 0 spiro atoms. The first-order valence-corrected chi connectivity index (χ1v) is 7.70. The van der Waals surface area contributed by atoms with E-state index in [0.29, 0.717) is 6.54 Å². The van der Waals surface area contributed by atoms with E-state index in [0.717, 1.165) is 28.9 Å². The van der Waals surface area contributed by atoms with Crippen molar-refractivity contribution in [2.75, 3.05) is 18.5 Å². The second-order valence-electron chi connectivity index (χ2n) is 4.90. The highest BCUT2D eigenvalue weighted by atomic mass is 79.9. The van der Waals surface area contributed by atoms with Crippen molar-refractivity contribution in [2.45, 2.75) is 20.0 Å². The third-order valence-corrected chi connectivity index (χ3v) is 3.64. The first-order chi connectivity index (χ1) is 10.1. The van der Waals surface area contributed by atoms with Crippen LogP contribution in [0.3, 0.4) is 0 Å². The molecule has 1 heterocycles. The normalized spacial score (nSPS) is 10.7. The van der Waals surface area contributed by atoms with Crippen molar-refractivity contribution in [3.63, 3.8) is 0 Å². The van der Waals surface area contributed by atoms with E-state index in [-0.39, 0.29) is 5.82 Å². The summed E-state index contributed by atoms with van der Waals surface area (Å²) in [6.07, 6.45) is 1.27. The van der Waals surface area contributed by atoms with Gasteiger partial charge in [-0.1, -0.05) is 35.0 Å². The van der Waals surface area contributed by atoms with Gasteiger partial charge in [-0.05, 0) is 30.3 Å². The number of aromatic nitrogens is 1. The number of nitrogens with one attached hydrogen (secondary N) is 1. The number of hydrogen-bond donors (Lipinski definition) is 1. The Balaban J connectivity index is 2.19. The zero-order valence-electron chi connectivity index (χ0n) is 12.2. The number of pyridine rings is 1. The van der Waals surface area contributed by atoms with Crippen LogP contribution in [0, 0.1) is 5.82 Å². The quantitative estimate of drug-likeness (QED) is 0.859. The lowest BCUT2D eigenvalue weighted by atomic mass is 10.2. The molecule has 1 aromatic heterocycles. The van der Waals surface area contributed by atoms with Gasteiger partial charge < -0.3 is 10.2 Å². The van der Waals surface area contributed by atoms with Crippen LogP contribution in [-0.4, -0.2) is 18.6 Å². The van der Waals surface area contributed by atoms with Gasteiger partial charge in [-0.25, -0.2) is 9.37 Å². The minimum absolute atomic E-state index is 0.303. The summed E-state index contributed by atoms with van der Waals surface area (Å²) >= 11 is 3.47. The predicted octanol–water partition coefficient (Wildman–Crippen LogP) is 3.73. The minimum atomic E-state index is -0.303. The molecule has 1 N–H and O–H groups in total. The molecule has 0 bridgehead atoms. The molecule has 0 aliphatic heterocycles. The molecule has 0 fully saturated rings. The summed E-state index contributed by atoms with van der Waals surface area (Å²) in [4.78, 5) is 6.28. The van der Waals surface area contributed by atoms with E-state index in [1.165, 1.54) is 11.8 Å². The summed E-state index contributed by atoms with van der Waals surface area (Å²) in [5, 5.41) is 3.22. The smallest absolute Gasteiger partial charge is 0.141 e. The van der Waals surface area contributed by atoms with Gasteiger partial charge >= 0.3 is 0 Å². The van der Waals surface area contributed by atoms with Crippen LogP contribution in [0.5, 0.6) is 0 Å². The lowest BCUT2D eigenvalue weighted by Crippen LogP contribution is -2.22. The third kappa shape index (κ3) is 4.51. The standard InChI is InChI=1S/C16H19BrFN3/c1-3-19-9-13-8-15(18)10-20-16(13)21(2)11-12-5-4-6-14(17)7-12/h4-8,10,19H,3,9,11H2,1-2H3. The molecule has 0 aliphatic carbocycles. The zero-order chi connectivity index (χ0) is 15.2. The van der Waals surface area contributed by atoms with Crippen molar-refractivity contribution >= 4 is 21.7 Å². The maximum Gasteiger partial charge on any atom is 0.141 e. The third-order valence-electron chi connectivity index (χ3n) is 3.15. The van der Waals surface area contributed by atoms with E-state index in [1.54, 1.807) is 6.07 Å². The van der Waals surface area contributed by atoms with Gasteiger partial charge in [-0.2, -0.15) is 0 Å². The Labute approximate surface area is 133 Å². The zero-order valence-corrected chi connectivity index (χ0v) is 13.8. The number of halogens is 2. The van der Waals surface area contributed by atoms with Gasteiger partial charge in [0.05, 0.1) is 6.20 Å². The number of benzene rings is 1. The average Bonchev–Trinajstić information content (AvgIpc) is 2.45. The fourth-order valence-corrected chi connectivity index (χ4v) is 2.64. The second kappa shape index (κ2) is 7.52. The monoisotopic (exact) mass is 351 g/mol. The minimum Gasteiger partial charge on any atom is -0.355 e. The fraction of sp³-hybridized carbons (Fsp3) is 0.312. The Bertz CT molecular complexity index is 604. The van der Waals surface area contributed by atoms with Crippen molar-refractivity contribution in [2.24, 2.45) is 0 Å². The molecule has 2 rings (SSSR count). The van der Waals surface area contributed by atoms with E-state index in [1.807, 2.05) is 31.0 Å². The van der Waals surface area contributed by atoms with E-state index in [4.69, 9.17) is 0 Å². The number of hydrogen-bond acceptors (Lipinski definition) is 3. The predicted molar refractivity (Wildman–Crippen MR) is 87.8 cm³/mol. The van der Waals surface area contributed by atoms with Crippen molar-refractivity contribution in [1.82, 2.24) is 10.3 Å². The molecule has 112 valence electrons. The molecular formula is C16H19BrFN3. The van der Waals surface area contributed by atoms with Crippen LogP contribution in [0.2, 0.25) is 0 Å². The Kier molecular flexibility index (Phi) is 5.70. The summed E-state index contributed by atoms with van der Waals surface area (Å²) in [7, 11) is 1.97. The maximum absolute atomic E-state index is 13.4. The number of rotatable bonds is 6. The lowest BCUT2D eigenvalue weighted by Gasteiger charge is -2.21. The lowest BCUT2D eigenvalue weighted by molar-refractivity contribution is 0.613. The highest BCUT2D eigenvalue weighted by Crippen LogP contribution is 2.20. The van der Waals surface area contributed by atoms with Crippen LogP contribution in [0.1, 0.15) is 18.1 Å². The molecule has 0 radical (unpaired) electrons. The number of nitrogens with zero attached hydrogens (tertiary/aromatic N) is 2. The van der Waals surface area contributed by atoms with Crippen molar-refractivity contribution in [3.05, 3.63) is 57.9 Å². The average molecular weight is 352 g/mol. The first kappa shape index (κ1) is 15.9. The molecule has 0 saturated heterocycles. The van der Waals surface area contributed by atoms with Crippen molar-refractivity contribution < 1.29 is 4.39 Å². The molecular weight excluding hydrogens is 333 g/mol. The molecule has 1 aromatic carbocycles. The summed E-state index contributed by atoms with van der Waals surface area (Å²) in [6, 6.07) is 9.68. The van der Waals surface area contributed by atoms with Crippen LogP contribution in [0.25, 0.3) is 0 Å². The van der Waals surface area contributed by atoms with Crippen molar-refractivity contribution in [1.29, 1.82) is 0 Å². The first-order valence-electron chi connectivity index (χ1n) is 6.91. The van der Waals surface area contributed by atoms with Gasteiger partial charge in [-0.3, -0.25) is 0 Å². The van der Waals surface area contributed by atoms with Crippen LogP contribution in [0.4, 0.5) is 10.2 Å². The van der Waals surface area contributed by atoms with E-state index >= 15 is 0 Å². The Morgan fingerprint density at radius 1 is 1.33 bits per heavy atom. The molecule has 5 heteroatoms. The molecule has 0 unspecified atom stereocenters. The molecule has 21 heavy (non-hydrogen) atoms. The number of anilines is 1. The molecule has 0 aliphatic rings. The Morgan fingerprint density at radius 3 is 2.86 bits per heavy atom. The van der Waals surface area contributed by atoms with Crippen LogP contribution < -0.4 is 10.2 Å². The summed E-state index contributed by atoms with van der Waals surface area (Å²) < 4.78 is 14.5. The van der Waals surface area contributed by atoms with Gasteiger partial charge in [0.25, 0.3) is 0 Å². The second-order valence-corrected chi connectivity index (χ2v) is 5.82. The SMILES string of the molecule is CCNCc1cc(F)cnc1N(C)Cc1cccc(Br)c1. The van der Waals surface area contributed by atoms with E-state index in [9.17, 15) is 4.39 Å². The van der Waals surface area contributed by atoms with Gasteiger partial charge in [0, 0.05) is 30.2 Å². The topological polar surface area (TPSA) is 28.2 Å². The van der Waals surface area contributed by atoms with Gasteiger partial charge in [0.15, 0.2) is 0 Å². The fourth-order valence-electron chi connectivity index (χ4n) is 2.19. The van der Waals surface area contributed by atoms with Crippen LogP contribution in [-0.2, 0) is 13.1 Å².